The Morgan fingerprint density at radius 3 is 2.68 bits per heavy atom. The number of aromatic nitrogens is 3. The predicted molar refractivity (Wildman–Crippen MR) is 81.8 cm³/mol. The van der Waals surface area contributed by atoms with Crippen LogP contribution in [0.3, 0.4) is 0 Å². The first-order valence-electron chi connectivity index (χ1n) is 6.96. The molecule has 4 nitrogen and oxygen atoms in total. The molecule has 5 heteroatoms. The van der Waals surface area contributed by atoms with Crippen LogP contribution in [-0.2, 0) is 0 Å². The normalized spacial score (nSPS) is 11.4. The molecule has 0 unspecified atom stereocenters. The third-order valence-electron chi connectivity index (χ3n) is 3.85. The van der Waals surface area contributed by atoms with E-state index in [1.165, 1.54) is 16.8 Å². The van der Waals surface area contributed by atoms with E-state index in [0.29, 0.717) is 11.2 Å². The van der Waals surface area contributed by atoms with Crippen LogP contribution in [-0.4, -0.2) is 9.90 Å². The van der Waals surface area contributed by atoms with Crippen LogP contribution in [0, 0.1) is 12.7 Å². The second-order valence-electron chi connectivity index (χ2n) is 5.29. The minimum Gasteiger partial charge on any atom is -0.234 e. The number of hydrogen-bond donors (Lipinski definition) is 1. The topological polar surface area (TPSA) is 41.9 Å². The number of aryl methyl sites for hydroxylation is 1. The van der Waals surface area contributed by atoms with E-state index in [1.807, 2.05) is 37.3 Å². The molecule has 0 aliphatic rings. The van der Waals surface area contributed by atoms with Gasteiger partial charge < -0.3 is 0 Å². The molecule has 2 aromatic heterocycles. The van der Waals surface area contributed by atoms with Gasteiger partial charge in [0, 0.05) is 11.5 Å². The fourth-order valence-corrected chi connectivity index (χ4v) is 2.79. The van der Waals surface area contributed by atoms with Gasteiger partial charge in [0.05, 0.1) is 0 Å². The zero-order chi connectivity index (χ0) is 15.3. The summed E-state index contributed by atoms with van der Waals surface area (Å²) in [4.78, 5) is 12.6. The highest BCUT2D eigenvalue weighted by Gasteiger charge is 2.20. The number of para-hydroxylation sites is 1. The fourth-order valence-electron chi connectivity index (χ4n) is 2.79. The number of H-pyrrole nitrogens is 1. The first kappa shape index (κ1) is 12.8. The van der Waals surface area contributed by atoms with Crippen molar-refractivity contribution in [3.63, 3.8) is 0 Å². The van der Waals surface area contributed by atoms with Gasteiger partial charge in [0.1, 0.15) is 5.82 Å². The zero-order valence-electron chi connectivity index (χ0n) is 11.9. The second-order valence-corrected chi connectivity index (χ2v) is 5.29. The van der Waals surface area contributed by atoms with Crippen LogP contribution in [0.1, 0.15) is 5.56 Å². The summed E-state index contributed by atoms with van der Waals surface area (Å²) >= 11 is 0. The summed E-state index contributed by atoms with van der Waals surface area (Å²) in [6.45, 7) is 1.97. The summed E-state index contributed by atoms with van der Waals surface area (Å²) in [7, 11) is 0. The number of rotatable bonds is 1. The molecule has 0 aliphatic heterocycles. The van der Waals surface area contributed by atoms with Crippen LogP contribution in [0.25, 0.3) is 22.1 Å². The lowest BCUT2D eigenvalue weighted by Gasteiger charge is -1.99. The first-order chi connectivity index (χ1) is 10.6. The number of halogens is 1. The van der Waals surface area contributed by atoms with Crippen molar-refractivity contribution in [1.29, 1.82) is 0 Å². The van der Waals surface area contributed by atoms with Crippen molar-refractivity contribution < 1.29 is 8.91 Å². The van der Waals surface area contributed by atoms with Crippen molar-refractivity contribution in [1.82, 2.24) is 9.90 Å². The van der Waals surface area contributed by atoms with Crippen molar-refractivity contribution in [3.05, 3.63) is 76.3 Å². The van der Waals surface area contributed by atoms with E-state index >= 15 is 0 Å². The van der Waals surface area contributed by atoms with Gasteiger partial charge in [0.15, 0.2) is 11.2 Å². The van der Waals surface area contributed by atoms with E-state index in [-0.39, 0.29) is 11.4 Å². The largest absolute Gasteiger partial charge is 0.406 e. The number of nitrogens with zero attached hydrogens (tertiary/aromatic N) is 2. The molecule has 2 aromatic carbocycles. The quantitative estimate of drug-likeness (QED) is 0.538. The monoisotopic (exact) mass is 294 g/mol. The molecule has 0 spiro atoms. The summed E-state index contributed by atoms with van der Waals surface area (Å²) in [5.41, 5.74) is 2.72. The Labute approximate surface area is 125 Å². The number of fused-ring (bicyclic) bond motifs is 3. The third kappa shape index (κ3) is 1.75. The lowest BCUT2D eigenvalue weighted by molar-refractivity contribution is -0.555. The highest BCUT2D eigenvalue weighted by Crippen LogP contribution is 2.15. The molecule has 0 saturated carbocycles. The van der Waals surface area contributed by atoms with E-state index in [9.17, 15) is 9.18 Å². The standard InChI is InChI=1S/C17H12FN3O/c1-11-9-16-17(22)20(13-6-4-5-12(18)10-13)19-21(16)15-8-3-2-7-14(11)15/h2-10H,1H3/p+1. The maximum Gasteiger partial charge on any atom is 0.406 e. The van der Waals surface area contributed by atoms with E-state index in [2.05, 4.69) is 5.21 Å². The minimum atomic E-state index is -0.380. The summed E-state index contributed by atoms with van der Waals surface area (Å²) < 4.78 is 16.5. The van der Waals surface area contributed by atoms with Gasteiger partial charge in [-0.3, -0.25) is 0 Å². The molecular weight excluding hydrogens is 281 g/mol. The first-order valence-corrected chi connectivity index (χ1v) is 6.96. The van der Waals surface area contributed by atoms with Gasteiger partial charge in [-0.1, -0.05) is 34.2 Å². The van der Waals surface area contributed by atoms with Crippen LogP contribution in [0.15, 0.2) is 59.4 Å². The van der Waals surface area contributed by atoms with E-state index in [1.54, 1.807) is 16.6 Å². The molecule has 0 amide bonds. The van der Waals surface area contributed by atoms with Crippen LogP contribution >= 0.6 is 0 Å². The maximum atomic E-state index is 13.4. The van der Waals surface area contributed by atoms with Crippen molar-refractivity contribution in [2.45, 2.75) is 6.92 Å². The molecule has 2 heterocycles. The third-order valence-corrected chi connectivity index (χ3v) is 3.85. The maximum absolute atomic E-state index is 13.4. The Morgan fingerprint density at radius 1 is 1.05 bits per heavy atom. The van der Waals surface area contributed by atoms with Gasteiger partial charge in [0.2, 0.25) is 5.52 Å². The van der Waals surface area contributed by atoms with Crippen molar-refractivity contribution >= 4 is 16.4 Å². The Hall–Kier alpha value is -2.95. The molecule has 0 radical (unpaired) electrons. The summed E-state index contributed by atoms with van der Waals surface area (Å²) in [6, 6.07) is 15.6. The molecule has 0 aliphatic carbocycles. The van der Waals surface area contributed by atoms with Gasteiger partial charge in [-0.25, -0.2) is 9.18 Å². The molecule has 0 saturated heterocycles. The number of hydrogen-bond acceptors (Lipinski definition) is 1. The summed E-state index contributed by atoms with van der Waals surface area (Å²) in [5.74, 6) is -0.380. The van der Waals surface area contributed by atoms with Gasteiger partial charge in [-0.05, 0) is 36.8 Å². The molecular formula is C17H13FN3O+. The van der Waals surface area contributed by atoms with Gasteiger partial charge in [-0.2, -0.15) is 0 Å². The average molecular weight is 294 g/mol. The van der Waals surface area contributed by atoms with E-state index in [4.69, 9.17) is 0 Å². The zero-order valence-corrected chi connectivity index (χ0v) is 11.9. The lowest BCUT2D eigenvalue weighted by atomic mass is 10.1. The van der Waals surface area contributed by atoms with Crippen molar-refractivity contribution in [2.24, 2.45) is 0 Å². The van der Waals surface area contributed by atoms with Crippen LogP contribution in [0.2, 0.25) is 0 Å². The Kier molecular flexibility index (Phi) is 2.63. The van der Waals surface area contributed by atoms with E-state index in [0.717, 1.165) is 16.5 Å². The van der Waals surface area contributed by atoms with Crippen LogP contribution < -0.4 is 10.1 Å². The van der Waals surface area contributed by atoms with Gasteiger partial charge >= 0.3 is 5.56 Å². The fraction of sp³-hybridized carbons (Fsp3) is 0.0588. The van der Waals surface area contributed by atoms with E-state index < -0.39 is 0 Å². The number of benzene rings is 2. The second kappa shape index (κ2) is 4.53. The van der Waals surface area contributed by atoms with Crippen LogP contribution in [0.5, 0.6) is 0 Å². The van der Waals surface area contributed by atoms with Crippen LogP contribution in [0.4, 0.5) is 4.39 Å². The molecule has 0 fully saturated rings. The molecule has 1 N–H and O–H groups in total. The van der Waals surface area contributed by atoms with Crippen molar-refractivity contribution in [2.75, 3.05) is 0 Å². The molecule has 0 atom stereocenters. The van der Waals surface area contributed by atoms with Crippen molar-refractivity contribution in [3.8, 4) is 5.69 Å². The highest BCUT2D eigenvalue weighted by molar-refractivity contribution is 5.80. The predicted octanol–water partition coefficient (Wildman–Crippen LogP) is 2.51. The Bertz CT molecular complexity index is 1080. The highest BCUT2D eigenvalue weighted by atomic mass is 19.1. The molecule has 22 heavy (non-hydrogen) atoms. The smallest absolute Gasteiger partial charge is 0.234 e. The number of aromatic amines is 1. The van der Waals surface area contributed by atoms with Gasteiger partial charge in [-0.15, -0.1) is 4.52 Å². The molecule has 0 bridgehead atoms. The minimum absolute atomic E-state index is 0.209. The lowest BCUT2D eigenvalue weighted by Crippen LogP contribution is -2.26. The number of pyridine rings is 1. The Balaban J connectivity index is 2.13. The summed E-state index contributed by atoms with van der Waals surface area (Å²) in [6.07, 6.45) is 0. The summed E-state index contributed by atoms with van der Waals surface area (Å²) in [5, 5.41) is 4.09. The SMILES string of the molecule is Cc1cc2c(=O)n(-c3cccc(F)c3)[nH][n+]2c2ccccc12. The average Bonchev–Trinajstić information content (AvgIpc) is 2.85. The molecule has 4 rings (SSSR count). The Morgan fingerprint density at radius 2 is 1.86 bits per heavy atom. The number of nitrogens with one attached hydrogen (secondary N) is 1. The molecule has 108 valence electrons. The van der Waals surface area contributed by atoms with Gasteiger partial charge in [0.25, 0.3) is 0 Å². The molecule has 4 aromatic rings.